The molecule has 1 N–H and O–H groups in total. The third-order valence-electron chi connectivity index (χ3n) is 7.75. The van der Waals surface area contributed by atoms with Crippen LogP contribution in [-0.4, -0.2) is 68.0 Å². The maximum absolute atomic E-state index is 14.2. The Morgan fingerprint density at radius 3 is 2.55 bits per heavy atom. The summed E-state index contributed by atoms with van der Waals surface area (Å²) in [4.78, 5) is 36.4. The number of carbonyl (C=O) groups is 2. The van der Waals surface area contributed by atoms with Crippen molar-refractivity contribution in [3.63, 3.8) is 0 Å². The Hall–Kier alpha value is -3.91. The molecule has 1 saturated heterocycles. The second kappa shape index (κ2) is 11.2. The maximum atomic E-state index is 14.2. The van der Waals surface area contributed by atoms with Crippen LogP contribution in [0.3, 0.4) is 0 Å². The number of nitrogens with zero attached hydrogens (tertiary/aromatic N) is 5. The summed E-state index contributed by atoms with van der Waals surface area (Å²) in [6.45, 7) is 2.74. The Morgan fingerprint density at radius 1 is 1.03 bits per heavy atom. The normalized spacial score (nSPS) is 15.4. The van der Waals surface area contributed by atoms with Gasteiger partial charge in [0.1, 0.15) is 5.54 Å². The van der Waals surface area contributed by atoms with Crippen molar-refractivity contribution in [1.82, 2.24) is 23.9 Å². The molecule has 8 heteroatoms. The molecule has 0 saturated carbocycles. The largest absolute Gasteiger partial charge is 0.351 e. The molecule has 4 aromatic rings. The van der Waals surface area contributed by atoms with E-state index in [-0.39, 0.29) is 18.2 Å². The number of hydrogen-bond acceptors (Lipinski definition) is 4. The number of hydrogen-bond donors (Lipinski definition) is 1. The second-order valence-electron chi connectivity index (χ2n) is 10.4. The summed E-state index contributed by atoms with van der Waals surface area (Å²) < 4.78 is 4.07. The zero-order valence-electron chi connectivity index (χ0n) is 22.2. The monoisotopic (exact) mass is 512 g/mol. The topological polar surface area (TPSA) is 75.4 Å². The van der Waals surface area contributed by atoms with Gasteiger partial charge in [-0.25, -0.2) is 4.98 Å². The standard InChI is InChI=1S/C30H36N6O2/c1-33-18-12-30(13-19-33,29(38)32-26-9-10-27-25(22-26)11-17-34(27)2)36(16-6-15-35-20-14-31-23-35)28(37)21-24-7-4-3-5-8-24/h3-5,7-11,14,17,20,22-23H,6,12-13,15-16,18-19,21H2,1-2H3,(H,32,38). The van der Waals surface area contributed by atoms with Gasteiger partial charge in [0.25, 0.3) is 0 Å². The maximum Gasteiger partial charge on any atom is 0.250 e. The molecule has 0 atom stereocenters. The molecule has 0 aliphatic carbocycles. The SMILES string of the molecule is CN1CCC(C(=O)Nc2ccc3c(ccn3C)c2)(N(CCCn2ccnc2)C(=O)Cc2ccccc2)CC1. The minimum atomic E-state index is -0.918. The zero-order chi connectivity index (χ0) is 26.5. The summed E-state index contributed by atoms with van der Waals surface area (Å²) in [5.41, 5.74) is 1.89. The molecule has 198 valence electrons. The van der Waals surface area contributed by atoms with Crippen molar-refractivity contribution in [2.24, 2.45) is 7.05 Å². The van der Waals surface area contributed by atoms with E-state index in [1.165, 1.54) is 0 Å². The first kappa shape index (κ1) is 25.7. The minimum absolute atomic E-state index is 0.0138. The van der Waals surface area contributed by atoms with Crippen LogP contribution in [0.2, 0.25) is 0 Å². The Kier molecular flexibility index (Phi) is 7.60. The van der Waals surface area contributed by atoms with Crippen LogP contribution in [0.5, 0.6) is 0 Å². The van der Waals surface area contributed by atoms with Crippen LogP contribution < -0.4 is 5.32 Å². The molecular formula is C30H36N6O2. The molecule has 1 fully saturated rings. The summed E-state index contributed by atoms with van der Waals surface area (Å²) in [7, 11) is 4.08. The molecule has 2 aromatic heterocycles. The van der Waals surface area contributed by atoms with Gasteiger partial charge in [-0.1, -0.05) is 30.3 Å². The van der Waals surface area contributed by atoms with E-state index in [4.69, 9.17) is 0 Å². The molecule has 3 heterocycles. The number of amides is 2. The number of likely N-dealkylation sites (tertiary alicyclic amines) is 1. The van der Waals surface area contributed by atoms with E-state index in [1.807, 2.05) is 83.5 Å². The van der Waals surface area contributed by atoms with Crippen molar-refractivity contribution in [2.75, 3.05) is 32.0 Å². The van der Waals surface area contributed by atoms with E-state index in [9.17, 15) is 9.59 Å². The van der Waals surface area contributed by atoms with E-state index in [0.717, 1.165) is 48.2 Å². The first-order valence-corrected chi connectivity index (χ1v) is 13.3. The lowest BCUT2D eigenvalue weighted by atomic mass is 9.83. The number of fused-ring (bicyclic) bond motifs is 1. The zero-order valence-corrected chi connectivity index (χ0v) is 22.2. The van der Waals surface area contributed by atoms with Gasteiger partial charge in [0, 0.05) is 68.4 Å². The first-order valence-electron chi connectivity index (χ1n) is 13.3. The fraction of sp³-hybridized carbons (Fsp3) is 0.367. The fourth-order valence-corrected chi connectivity index (χ4v) is 5.49. The van der Waals surface area contributed by atoms with E-state index in [2.05, 4.69) is 26.8 Å². The number of benzene rings is 2. The molecule has 2 amide bonds. The van der Waals surface area contributed by atoms with Gasteiger partial charge in [-0.3, -0.25) is 9.59 Å². The van der Waals surface area contributed by atoms with E-state index >= 15 is 0 Å². The highest BCUT2D eigenvalue weighted by atomic mass is 16.2. The number of anilines is 1. The van der Waals surface area contributed by atoms with Gasteiger partial charge in [0.05, 0.1) is 12.7 Å². The lowest BCUT2D eigenvalue weighted by Crippen LogP contribution is -2.63. The van der Waals surface area contributed by atoms with Crippen LogP contribution >= 0.6 is 0 Å². The molecule has 0 bridgehead atoms. The number of nitrogens with one attached hydrogen (secondary N) is 1. The minimum Gasteiger partial charge on any atom is -0.351 e. The van der Waals surface area contributed by atoms with Crippen LogP contribution in [0.25, 0.3) is 10.9 Å². The van der Waals surface area contributed by atoms with Gasteiger partial charge >= 0.3 is 0 Å². The third-order valence-corrected chi connectivity index (χ3v) is 7.75. The molecule has 1 aliphatic rings. The lowest BCUT2D eigenvalue weighted by molar-refractivity contribution is -0.148. The molecule has 0 radical (unpaired) electrons. The van der Waals surface area contributed by atoms with Crippen molar-refractivity contribution < 1.29 is 9.59 Å². The van der Waals surface area contributed by atoms with Gasteiger partial charge in [-0.2, -0.15) is 0 Å². The summed E-state index contributed by atoms with van der Waals surface area (Å²) in [6, 6.07) is 17.8. The predicted octanol–water partition coefficient (Wildman–Crippen LogP) is 3.94. The third kappa shape index (κ3) is 5.50. The average molecular weight is 513 g/mol. The number of rotatable bonds is 9. The fourth-order valence-electron chi connectivity index (χ4n) is 5.49. The summed E-state index contributed by atoms with van der Waals surface area (Å²) in [6.07, 6.45) is 9.67. The van der Waals surface area contributed by atoms with Crippen LogP contribution in [0, 0.1) is 0 Å². The number of aromatic nitrogens is 3. The molecule has 2 aromatic carbocycles. The molecule has 1 aliphatic heterocycles. The van der Waals surface area contributed by atoms with E-state index < -0.39 is 5.54 Å². The van der Waals surface area contributed by atoms with Crippen molar-refractivity contribution in [3.8, 4) is 0 Å². The van der Waals surface area contributed by atoms with Gasteiger partial charge in [0.2, 0.25) is 11.8 Å². The lowest BCUT2D eigenvalue weighted by Gasteiger charge is -2.47. The molecule has 38 heavy (non-hydrogen) atoms. The first-order chi connectivity index (χ1) is 18.4. The van der Waals surface area contributed by atoms with Crippen LogP contribution in [0.1, 0.15) is 24.8 Å². The number of carbonyl (C=O) groups excluding carboxylic acids is 2. The number of piperidine rings is 1. The average Bonchev–Trinajstić information content (AvgIpc) is 3.57. The van der Waals surface area contributed by atoms with Crippen molar-refractivity contribution >= 4 is 28.4 Å². The number of imidazole rings is 1. The van der Waals surface area contributed by atoms with Gasteiger partial charge in [0.15, 0.2) is 0 Å². The van der Waals surface area contributed by atoms with E-state index in [1.54, 1.807) is 12.5 Å². The van der Waals surface area contributed by atoms with Crippen molar-refractivity contribution in [2.45, 2.75) is 37.8 Å². The smallest absolute Gasteiger partial charge is 0.250 e. The summed E-state index contributed by atoms with van der Waals surface area (Å²) in [5, 5.41) is 4.27. The highest BCUT2D eigenvalue weighted by Gasteiger charge is 2.47. The molecular weight excluding hydrogens is 476 g/mol. The predicted molar refractivity (Wildman–Crippen MR) is 150 cm³/mol. The Balaban J connectivity index is 1.44. The van der Waals surface area contributed by atoms with Crippen LogP contribution in [0.4, 0.5) is 5.69 Å². The van der Waals surface area contributed by atoms with Crippen molar-refractivity contribution in [1.29, 1.82) is 0 Å². The number of aryl methyl sites for hydroxylation is 2. The molecule has 8 nitrogen and oxygen atoms in total. The molecule has 0 unspecified atom stereocenters. The van der Waals surface area contributed by atoms with Crippen LogP contribution in [0.15, 0.2) is 79.5 Å². The van der Waals surface area contributed by atoms with Crippen LogP contribution in [-0.2, 0) is 29.6 Å². The second-order valence-corrected chi connectivity index (χ2v) is 10.4. The Labute approximate surface area is 223 Å². The van der Waals surface area contributed by atoms with Crippen molar-refractivity contribution in [3.05, 3.63) is 85.1 Å². The molecule has 0 spiro atoms. The quantitative estimate of drug-likeness (QED) is 0.369. The highest BCUT2D eigenvalue weighted by molar-refractivity contribution is 6.02. The Morgan fingerprint density at radius 2 is 1.82 bits per heavy atom. The highest BCUT2D eigenvalue weighted by Crippen LogP contribution is 2.32. The van der Waals surface area contributed by atoms with Gasteiger partial charge in [-0.05, 0) is 56.1 Å². The van der Waals surface area contributed by atoms with Gasteiger partial charge < -0.3 is 24.3 Å². The Bertz CT molecular complexity index is 1370. The van der Waals surface area contributed by atoms with Gasteiger partial charge in [-0.15, -0.1) is 0 Å². The molecule has 5 rings (SSSR count). The van der Waals surface area contributed by atoms with E-state index in [0.29, 0.717) is 19.4 Å². The summed E-state index contributed by atoms with van der Waals surface area (Å²) in [5.74, 6) is -0.120. The summed E-state index contributed by atoms with van der Waals surface area (Å²) >= 11 is 0.